The largest absolute Gasteiger partial charge is 0.308 e. The van der Waals surface area contributed by atoms with Crippen molar-refractivity contribution in [2.75, 3.05) is 0 Å². The summed E-state index contributed by atoms with van der Waals surface area (Å²) in [5.74, 6) is 0. The van der Waals surface area contributed by atoms with Gasteiger partial charge in [0.1, 0.15) is 0 Å². The molecule has 1 heteroatoms. The number of hydrogen-bond donors (Lipinski definition) is 0. The summed E-state index contributed by atoms with van der Waals surface area (Å²) < 4.78 is 2.43. The van der Waals surface area contributed by atoms with E-state index in [-0.39, 0.29) is 0 Å². The van der Waals surface area contributed by atoms with Gasteiger partial charge in [-0.2, -0.15) is 0 Å². The van der Waals surface area contributed by atoms with Crippen molar-refractivity contribution in [3.63, 3.8) is 0 Å². The molecule has 7 rings (SSSR count). The first-order valence-corrected chi connectivity index (χ1v) is 14.0. The van der Waals surface area contributed by atoms with Crippen LogP contribution in [-0.2, 0) is 0 Å². The molecule has 0 N–H and O–H groups in total. The third-order valence-electron chi connectivity index (χ3n) is 7.61. The lowest BCUT2D eigenvalue weighted by Gasteiger charge is -2.15. The minimum atomic E-state index is 1.14. The van der Waals surface area contributed by atoms with Gasteiger partial charge in [0, 0.05) is 16.5 Å². The first-order chi connectivity index (χ1) is 20.4. The van der Waals surface area contributed by atoms with E-state index in [1.54, 1.807) is 0 Å². The number of nitrogens with zero attached hydrogens (tertiary/aromatic N) is 1. The first kappa shape index (κ1) is 24.6. The number of hydrogen-bond acceptors (Lipinski definition) is 0. The normalized spacial score (nSPS) is 10.9. The van der Waals surface area contributed by atoms with Crippen LogP contribution in [0.25, 0.3) is 50.6 Å². The molecule has 0 saturated carbocycles. The molecular weight excluding hydrogens is 494 g/mol. The molecule has 0 unspecified atom stereocenters. The molecule has 0 amide bonds. The summed E-state index contributed by atoms with van der Waals surface area (Å²) in [5, 5.41) is 2.49. The highest BCUT2D eigenvalue weighted by molar-refractivity contribution is 6.06. The molecule has 7 aromatic rings. The van der Waals surface area contributed by atoms with E-state index in [0.29, 0.717) is 0 Å². The molecule has 0 saturated heterocycles. The molecule has 0 aliphatic rings. The molecule has 41 heavy (non-hydrogen) atoms. The summed E-state index contributed by atoms with van der Waals surface area (Å²) >= 11 is 0. The maximum Gasteiger partial charge on any atom is 0.0613 e. The maximum absolute atomic E-state index is 2.43. The smallest absolute Gasteiger partial charge is 0.0613 e. The predicted molar refractivity (Wildman–Crippen MR) is 174 cm³/mol. The number of rotatable bonds is 6. The highest BCUT2D eigenvalue weighted by Gasteiger charge is 2.20. The van der Waals surface area contributed by atoms with Crippen LogP contribution in [-0.4, -0.2) is 4.57 Å². The van der Waals surface area contributed by atoms with Crippen molar-refractivity contribution in [3.8, 4) is 28.2 Å². The van der Waals surface area contributed by atoms with Crippen LogP contribution in [0, 0.1) is 0 Å². The first-order valence-electron chi connectivity index (χ1n) is 14.0. The van der Waals surface area contributed by atoms with E-state index in [4.69, 9.17) is 0 Å². The van der Waals surface area contributed by atoms with Crippen molar-refractivity contribution in [1.82, 2.24) is 4.57 Å². The van der Waals surface area contributed by atoms with E-state index in [0.717, 1.165) is 11.3 Å². The van der Waals surface area contributed by atoms with E-state index < -0.39 is 0 Å². The van der Waals surface area contributed by atoms with Gasteiger partial charge in [-0.3, -0.25) is 0 Å². The van der Waals surface area contributed by atoms with Crippen molar-refractivity contribution < 1.29 is 0 Å². The fourth-order valence-electron chi connectivity index (χ4n) is 5.72. The van der Waals surface area contributed by atoms with Crippen LogP contribution in [0.2, 0.25) is 0 Å². The molecule has 0 aliphatic heterocycles. The monoisotopic (exact) mass is 523 g/mol. The standard InChI is InChI=1S/C40H29N/c1-5-15-31(16-6-1)38(32-17-7-2-8-18-32)29-30-25-27-35(28-26-30)41-39(33-19-9-3-10-20-33)36-23-13-14-24-37(36)40(41)34-21-11-4-12-22-34/h1-29H. The van der Waals surface area contributed by atoms with Gasteiger partial charge in [0.05, 0.1) is 11.4 Å². The minimum Gasteiger partial charge on any atom is -0.308 e. The summed E-state index contributed by atoms with van der Waals surface area (Å²) in [5.41, 5.74) is 10.7. The highest BCUT2D eigenvalue weighted by Crippen LogP contribution is 2.41. The summed E-state index contributed by atoms with van der Waals surface area (Å²) in [6.07, 6.45) is 2.29. The summed E-state index contributed by atoms with van der Waals surface area (Å²) in [6.45, 7) is 0. The van der Waals surface area contributed by atoms with Gasteiger partial charge in [0.15, 0.2) is 0 Å². The summed E-state index contributed by atoms with van der Waals surface area (Å²) in [6, 6.07) is 60.4. The van der Waals surface area contributed by atoms with Crippen LogP contribution in [0.3, 0.4) is 0 Å². The van der Waals surface area contributed by atoms with Gasteiger partial charge < -0.3 is 4.57 Å². The Balaban J connectivity index is 1.42. The molecule has 0 aliphatic carbocycles. The summed E-state index contributed by atoms with van der Waals surface area (Å²) in [4.78, 5) is 0. The molecule has 0 fully saturated rings. The molecule has 0 spiro atoms. The zero-order valence-corrected chi connectivity index (χ0v) is 22.7. The quantitative estimate of drug-likeness (QED) is 0.191. The predicted octanol–water partition coefficient (Wildman–Crippen LogP) is 10.6. The zero-order chi connectivity index (χ0) is 27.4. The van der Waals surface area contributed by atoms with Gasteiger partial charge in [-0.1, -0.05) is 158 Å². The Hall–Kier alpha value is -5.40. The van der Waals surface area contributed by atoms with Crippen LogP contribution in [0.4, 0.5) is 0 Å². The lowest BCUT2D eigenvalue weighted by Crippen LogP contribution is -1.99. The van der Waals surface area contributed by atoms with Crippen molar-refractivity contribution in [2.24, 2.45) is 0 Å². The van der Waals surface area contributed by atoms with Crippen molar-refractivity contribution in [3.05, 3.63) is 187 Å². The summed E-state index contributed by atoms with van der Waals surface area (Å²) in [7, 11) is 0. The van der Waals surface area contributed by atoms with Crippen LogP contribution in [0.1, 0.15) is 16.7 Å². The lowest BCUT2D eigenvalue weighted by atomic mass is 9.96. The SMILES string of the molecule is C(=C(c1ccccc1)c1ccccc1)c1ccc(-n2c(-c3ccccc3)c3ccccc3c2-c2ccccc2)cc1. The average Bonchev–Trinajstić information content (AvgIpc) is 3.41. The molecule has 0 radical (unpaired) electrons. The topological polar surface area (TPSA) is 4.93 Å². The van der Waals surface area contributed by atoms with Crippen LogP contribution < -0.4 is 0 Å². The van der Waals surface area contributed by atoms with E-state index in [2.05, 4.69) is 181 Å². The van der Waals surface area contributed by atoms with E-state index >= 15 is 0 Å². The second-order valence-corrected chi connectivity index (χ2v) is 10.2. The second-order valence-electron chi connectivity index (χ2n) is 10.2. The Morgan fingerprint density at radius 2 is 0.780 bits per heavy atom. The third kappa shape index (κ3) is 4.79. The number of aromatic nitrogens is 1. The minimum absolute atomic E-state index is 1.14. The van der Waals surface area contributed by atoms with E-state index in [9.17, 15) is 0 Å². The third-order valence-corrected chi connectivity index (χ3v) is 7.61. The van der Waals surface area contributed by atoms with Crippen LogP contribution >= 0.6 is 0 Å². The Morgan fingerprint density at radius 3 is 1.22 bits per heavy atom. The van der Waals surface area contributed by atoms with Crippen molar-refractivity contribution in [2.45, 2.75) is 0 Å². The van der Waals surface area contributed by atoms with Gasteiger partial charge >= 0.3 is 0 Å². The van der Waals surface area contributed by atoms with Gasteiger partial charge in [0.25, 0.3) is 0 Å². The molecule has 0 bridgehead atoms. The lowest BCUT2D eigenvalue weighted by molar-refractivity contribution is 1.10. The zero-order valence-electron chi connectivity index (χ0n) is 22.7. The molecular formula is C40H29N. The molecule has 1 heterocycles. The second kappa shape index (κ2) is 11.0. The molecule has 1 aromatic heterocycles. The molecule has 1 nitrogen and oxygen atoms in total. The molecule has 0 atom stereocenters. The molecule has 194 valence electrons. The Morgan fingerprint density at radius 1 is 0.390 bits per heavy atom. The molecule has 6 aromatic carbocycles. The average molecular weight is 524 g/mol. The van der Waals surface area contributed by atoms with E-state index in [1.807, 2.05) is 0 Å². The van der Waals surface area contributed by atoms with Gasteiger partial charge in [-0.05, 0) is 51.6 Å². The number of fused-ring (bicyclic) bond motifs is 1. The fraction of sp³-hybridized carbons (Fsp3) is 0. The Labute approximate surface area is 241 Å². The maximum atomic E-state index is 2.43. The van der Waals surface area contributed by atoms with Gasteiger partial charge in [0.2, 0.25) is 0 Å². The fourth-order valence-corrected chi connectivity index (χ4v) is 5.72. The Bertz CT molecular complexity index is 1810. The van der Waals surface area contributed by atoms with E-state index in [1.165, 1.54) is 50.0 Å². The van der Waals surface area contributed by atoms with Crippen LogP contribution in [0.5, 0.6) is 0 Å². The van der Waals surface area contributed by atoms with Gasteiger partial charge in [-0.25, -0.2) is 0 Å². The number of benzene rings is 6. The van der Waals surface area contributed by atoms with Crippen LogP contribution in [0.15, 0.2) is 170 Å². The highest BCUT2D eigenvalue weighted by atomic mass is 15.0. The van der Waals surface area contributed by atoms with Crippen molar-refractivity contribution >= 4 is 22.4 Å². The Kier molecular flexibility index (Phi) is 6.61. The van der Waals surface area contributed by atoms with Gasteiger partial charge in [-0.15, -0.1) is 0 Å². The van der Waals surface area contributed by atoms with Crippen molar-refractivity contribution in [1.29, 1.82) is 0 Å².